The standard InChI is InChI=1S/C53H64O2/c1-5-9-13-22-33-52(32-21-12-8-4)44-37-43-45(36-42(44)50-47(52)40-28-19-20-31-46(40)54-50)53(34-23-14-10-6-2,35-24-15-11-7-3)48-41-30-25-29-39(49(41)55-51(43)48)38-26-17-16-18-27-38/h16-20,25-31,36-37H,5-15,21-24,32-35H2,1-4H3. The molecule has 0 amide bonds. The third kappa shape index (κ3) is 6.60. The van der Waals surface area contributed by atoms with Gasteiger partial charge in [-0.15, -0.1) is 0 Å². The fourth-order valence-corrected chi connectivity index (χ4v) is 10.9. The minimum atomic E-state index is -0.0947. The van der Waals surface area contributed by atoms with Crippen LogP contribution in [0.25, 0.3) is 55.7 Å². The molecule has 1 unspecified atom stereocenters. The van der Waals surface area contributed by atoms with Crippen LogP contribution in [0.1, 0.15) is 172 Å². The lowest BCUT2D eigenvalue weighted by Crippen LogP contribution is -2.27. The molecule has 0 bridgehead atoms. The van der Waals surface area contributed by atoms with Gasteiger partial charge in [0, 0.05) is 49.4 Å². The number of fused-ring (bicyclic) bond motifs is 10. The van der Waals surface area contributed by atoms with Crippen molar-refractivity contribution in [2.45, 2.75) is 161 Å². The third-order valence-electron chi connectivity index (χ3n) is 13.6. The van der Waals surface area contributed by atoms with E-state index in [1.54, 1.807) is 0 Å². The van der Waals surface area contributed by atoms with E-state index in [-0.39, 0.29) is 10.8 Å². The van der Waals surface area contributed by atoms with E-state index in [2.05, 4.69) is 113 Å². The Bertz CT molecular complexity index is 2200. The zero-order valence-corrected chi connectivity index (χ0v) is 34.3. The van der Waals surface area contributed by atoms with Crippen molar-refractivity contribution in [3.05, 3.63) is 107 Å². The lowest BCUT2D eigenvalue weighted by Gasteiger charge is -2.34. The Hall–Kier alpha value is -4.04. The second kappa shape index (κ2) is 16.6. The van der Waals surface area contributed by atoms with Crippen LogP contribution in [0.4, 0.5) is 0 Å². The Morgan fingerprint density at radius 3 is 1.47 bits per heavy atom. The van der Waals surface area contributed by atoms with E-state index in [4.69, 9.17) is 8.83 Å². The molecular weight excluding hydrogens is 669 g/mol. The third-order valence-corrected chi connectivity index (χ3v) is 13.6. The van der Waals surface area contributed by atoms with Crippen LogP contribution in [0.5, 0.6) is 0 Å². The minimum Gasteiger partial charge on any atom is -0.456 e. The number of hydrogen-bond donors (Lipinski definition) is 0. The number of furan rings is 2. The maximum Gasteiger partial charge on any atom is 0.142 e. The molecule has 2 aromatic heterocycles. The summed E-state index contributed by atoms with van der Waals surface area (Å²) in [5.41, 5.74) is 13.0. The molecule has 2 heterocycles. The van der Waals surface area contributed by atoms with Gasteiger partial charge in [-0.2, -0.15) is 0 Å². The summed E-state index contributed by atoms with van der Waals surface area (Å²) < 4.78 is 14.4. The van der Waals surface area contributed by atoms with Crippen molar-refractivity contribution in [1.29, 1.82) is 0 Å². The van der Waals surface area contributed by atoms with Crippen LogP contribution in [0.2, 0.25) is 0 Å². The van der Waals surface area contributed by atoms with Crippen molar-refractivity contribution in [3.63, 3.8) is 0 Å². The smallest absolute Gasteiger partial charge is 0.142 e. The molecule has 2 nitrogen and oxygen atoms in total. The molecule has 1 atom stereocenters. The highest BCUT2D eigenvalue weighted by Gasteiger charge is 2.51. The molecular formula is C53H64O2. The maximum atomic E-state index is 7.38. The molecule has 0 spiro atoms. The van der Waals surface area contributed by atoms with Crippen LogP contribution in [0.3, 0.4) is 0 Å². The number of benzene rings is 4. The van der Waals surface area contributed by atoms with E-state index in [0.717, 1.165) is 35.5 Å². The summed E-state index contributed by atoms with van der Waals surface area (Å²) in [6.07, 6.45) is 23.6. The lowest BCUT2D eigenvalue weighted by atomic mass is 9.68. The first-order valence-corrected chi connectivity index (χ1v) is 22.4. The Balaban J connectivity index is 1.40. The first-order valence-electron chi connectivity index (χ1n) is 22.4. The first kappa shape index (κ1) is 37.9. The van der Waals surface area contributed by atoms with Crippen LogP contribution >= 0.6 is 0 Å². The van der Waals surface area contributed by atoms with Gasteiger partial charge in [0.05, 0.1) is 0 Å². The van der Waals surface area contributed by atoms with Crippen molar-refractivity contribution >= 4 is 21.9 Å². The van der Waals surface area contributed by atoms with E-state index >= 15 is 0 Å². The average Bonchev–Trinajstić information content (AvgIpc) is 3.93. The normalized spacial score (nSPS) is 16.5. The van der Waals surface area contributed by atoms with E-state index in [1.807, 2.05) is 0 Å². The van der Waals surface area contributed by atoms with Gasteiger partial charge in [0.25, 0.3) is 0 Å². The van der Waals surface area contributed by atoms with Crippen LogP contribution < -0.4 is 0 Å². The van der Waals surface area contributed by atoms with Gasteiger partial charge < -0.3 is 8.83 Å². The van der Waals surface area contributed by atoms with E-state index in [1.165, 1.54) is 164 Å². The van der Waals surface area contributed by atoms with Crippen molar-refractivity contribution in [2.24, 2.45) is 0 Å². The molecule has 2 aliphatic carbocycles. The SMILES string of the molecule is CCCCCCC1(CCCCC)c2cc3c(cc2-c2oc4ccccc4c21)C(CCCCCC)(CCCCCC)c1c-3oc2c(-c3ccccc3)cccc12. The van der Waals surface area contributed by atoms with Gasteiger partial charge in [-0.1, -0.05) is 191 Å². The lowest BCUT2D eigenvalue weighted by molar-refractivity contribution is 0.400. The number of unbranched alkanes of at least 4 members (excludes halogenated alkanes) is 11. The molecule has 0 N–H and O–H groups in total. The fraction of sp³-hybridized carbons (Fsp3) is 0.472. The molecule has 0 radical (unpaired) electrons. The van der Waals surface area contributed by atoms with Crippen molar-refractivity contribution in [1.82, 2.24) is 0 Å². The Labute approximate surface area is 331 Å². The summed E-state index contributed by atoms with van der Waals surface area (Å²) in [5.74, 6) is 2.29. The highest BCUT2D eigenvalue weighted by Crippen LogP contribution is 2.64. The Morgan fingerprint density at radius 2 is 0.891 bits per heavy atom. The van der Waals surface area contributed by atoms with E-state index < -0.39 is 0 Å². The zero-order valence-electron chi connectivity index (χ0n) is 34.3. The quantitative estimate of drug-likeness (QED) is 0.0731. The predicted octanol–water partition coefficient (Wildman–Crippen LogP) is 16.9. The molecule has 8 rings (SSSR count). The fourth-order valence-electron chi connectivity index (χ4n) is 10.9. The van der Waals surface area contributed by atoms with Gasteiger partial charge in [0.2, 0.25) is 0 Å². The monoisotopic (exact) mass is 732 g/mol. The summed E-state index contributed by atoms with van der Waals surface area (Å²) in [6, 6.07) is 32.0. The molecule has 6 aromatic rings. The minimum absolute atomic E-state index is 0.0654. The number of para-hydroxylation sites is 2. The molecule has 2 aliphatic rings. The van der Waals surface area contributed by atoms with Crippen molar-refractivity contribution in [2.75, 3.05) is 0 Å². The predicted molar refractivity (Wildman–Crippen MR) is 234 cm³/mol. The van der Waals surface area contributed by atoms with Crippen LogP contribution in [0.15, 0.2) is 93.8 Å². The average molecular weight is 733 g/mol. The van der Waals surface area contributed by atoms with Gasteiger partial charge in [0.1, 0.15) is 22.7 Å². The highest BCUT2D eigenvalue weighted by atomic mass is 16.3. The van der Waals surface area contributed by atoms with Crippen LogP contribution in [0, 0.1) is 0 Å². The van der Waals surface area contributed by atoms with Gasteiger partial charge in [0.15, 0.2) is 0 Å². The van der Waals surface area contributed by atoms with Crippen LogP contribution in [-0.4, -0.2) is 0 Å². The molecule has 288 valence electrons. The highest BCUT2D eigenvalue weighted by molar-refractivity contribution is 6.03. The molecule has 4 aromatic carbocycles. The van der Waals surface area contributed by atoms with E-state index in [0.29, 0.717) is 0 Å². The zero-order chi connectivity index (χ0) is 37.8. The molecule has 0 saturated heterocycles. The van der Waals surface area contributed by atoms with Gasteiger partial charge in [-0.05, 0) is 60.6 Å². The van der Waals surface area contributed by atoms with Crippen molar-refractivity contribution in [3.8, 4) is 33.8 Å². The molecule has 55 heavy (non-hydrogen) atoms. The summed E-state index contributed by atoms with van der Waals surface area (Å²) in [4.78, 5) is 0. The van der Waals surface area contributed by atoms with Gasteiger partial charge >= 0.3 is 0 Å². The molecule has 2 heteroatoms. The maximum absolute atomic E-state index is 7.38. The summed E-state index contributed by atoms with van der Waals surface area (Å²) in [5, 5.41) is 2.64. The Morgan fingerprint density at radius 1 is 0.418 bits per heavy atom. The second-order valence-electron chi connectivity index (χ2n) is 17.2. The topological polar surface area (TPSA) is 26.3 Å². The largest absolute Gasteiger partial charge is 0.456 e. The van der Waals surface area contributed by atoms with Crippen LogP contribution in [-0.2, 0) is 10.8 Å². The Kier molecular flexibility index (Phi) is 11.4. The number of rotatable bonds is 20. The van der Waals surface area contributed by atoms with Gasteiger partial charge in [-0.25, -0.2) is 0 Å². The van der Waals surface area contributed by atoms with Gasteiger partial charge in [-0.3, -0.25) is 0 Å². The first-order chi connectivity index (χ1) is 27.1. The molecule has 0 aliphatic heterocycles. The van der Waals surface area contributed by atoms with Crippen molar-refractivity contribution < 1.29 is 8.83 Å². The second-order valence-corrected chi connectivity index (χ2v) is 17.2. The summed E-state index contributed by atoms with van der Waals surface area (Å²) in [6.45, 7) is 9.34. The number of hydrogen-bond acceptors (Lipinski definition) is 2. The summed E-state index contributed by atoms with van der Waals surface area (Å²) in [7, 11) is 0. The summed E-state index contributed by atoms with van der Waals surface area (Å²) >= 11 is 0. The van der Waals surface area contributed by atoms with E-state index in [9.17, 15) is 0 Å². The molecule has 0 fully saturated rings. The molecule has 0 saturated carbocycles.